The van der Waals surface area contributed by atoms with Gasteiger partial charge in [0.2, 0.25) is 0 Å². The number of benzene rings is 1. The summed E-state index contributed by atoms with van der Waals surface area (Å²) in [6.45, 7) is 1.27. The normalized spacial score (nSPS) is 16.6. The number of piperidine rings is 1. The van der Waals surface area contributed by atoms with Gasteiger partial charge in [-0.05, 0) is 25.0 Å². The number of nitrogens with zero attached hydrogens (tertiary/aromatic N) is 1. The van der Waals surface area contributed by atoms with Crippen molar-refractivity contribution in [3.8, 4) is 5.75 Å². The molecule has 1 heterocycles. The van der Waals surface area contributed by atoms with Crippen molar-refractivity contribution in [2.75, 3.05) is 13.1 Å². The van der Waals surface area contributed by atoms with E-state index in [1.165, 1.54) is 6.07 Å². The van der Waals surface area contributed by atoms with Crippen molar-refractivity contribution >= 4 is 23.1 Å². The first-order chi connectivity index (χ1) is 8.59. The number of aromatic hydroxyl groups is 1. The third kappa shape index (κ3) is 2.61. The highest BCUT2D eigenvalue weighted by Crippen LogP contribution is 2.22. The van der Waals surface area contributed by atoms with Gasteiger partial charge in [-0.2, -0.15) is 0 Å². The molecule has 3 N–H and O–H groups in total. The number of phenolic OH excluding ortho intramolecular Hbond substituents is 1. The maximum absolute atomic E-state index is 12.2. The van der Waals surface area contributed by atoms with Gasteiger partial charge in [0.1, 0.15) is 5.75 Å². The number of amides is 1. The van der Waals surface area contributed by atoms with E-state index in [4.69, 9.17) is 18.0 Å². The third-order valence-electron chi connectivity index (χ3n) is 3.32. The molecule has 0 spiro atoms. The summed E-state index contributed by atoms with van der Waals surface area (Å²) in [5.74, 6) is 0.127. The lowest BCUT2D eigenvalue weighted by molar-refractivity contribution is 0.0707. The molecule has 0 atom stereocenters. The number of likely N-dealkylation sites (tertiary alicyclic amines) is 1. The van der Waals surface area contributed by atoms with Gasteiger partial charge in [0, 0.05) is 19.0 Å². The Labute approximate surface area is 111 Å². The highest BCUT2D eigenvalue weighted by molar-refractivity contribution is 7.80. The summed E-state index contributed by atoms with van der Waals surface area (Å²) < 4.78 is 0. The quantitative estimate of drug-likeness (QED) is 0.795. The van der Waals surface area contributed by atoms with Gasteiger partial charge in [0.05, 0.1) is 10.6 Å². The van der Waals surface area contributed by atoms with Gasteiger partial charge in [0.15, 0.2) is 0 Å². The first kappa shape index (κ1) is 12.8. The Hall–Kier alpha value is -1.62. The monoisotopic (exact) mass is 264 g/mol. The summed E-state index contributed by atoms with van der Waals surface area (Å²) in [6, 6.07) is 6.60. The topological polar surface area (TPSA) is 66.6 Å². The molecule has 1 saturated heterocycles. The molecule has 1 fully saturated rings. The van der Waals surface area contributed by atoms with E-state index in [0.29, 0.717) is 23.6 Å². The van der Waals surface area contributed by atoms with Gasteiger partial charge in [0.25, 0.3) is 5.91 Å². The average molecular weight is 264 g/mol. The number of rotatable bonds is 2. The van der Waals surface area contributed by atoms with Crippen LogP contribution in [-0.4, -0.2) is 34.0 Å². The van der Waals surface area contributed by atoms with Crippen molar-refractivity contribution in [2.24, 2.45) is 11.7 Å². The molecule has 2 rings (SSSR count). The zero-order chi connectivity index (χ0) is 13.1. The van der Waals surface area contributed by atoms with Crippen LogP contribution >= 0.6 is 12.2 Å². The molecule has 0 bridgehead atoms. The fourth-order valence-corrected chi connectivity index (χ4v) is 2.43. The van der Waals surface area contributed by atoms with Gasteiger partial charge in [-0.1, -0.05) is 24.4 Å². The van der Waals surface area contributed by atoms with Crippen LogP contribution in [0, 0.1) is 5.92 Å². The van der Waals surface area contributed by atoms with Crippen LogP contribution in [-0.2, 0) is 0 Å². The summed E-state index contributed by atoms with van der Waals surface area (Å²) in [5, 5.41) is 9.66. The molecule has 1 aliphatic rings. The predicted molar refractivity (Wildman–Crippen MR) is 73.5 cm³/mol. The first-order valence-corrected chi connectivity index (χ1v) is 6.37. The van der Waals surface area contributed by atoms with Gasteiger partial charge >= 0.3 is 0 Å². The Morgan fingerprint density at radius 1 is 1.33 bits per heavy atom. The van der Waals surface area contributed by atoms with Crippen LogP contribution in [0.4, 0.5) is 0 Å². The molecule has 1 amide bonds. The van der Waals surface area contributed by atoms with Gasteiger partial charge < -0.3 is 15.7 Å². The molecule has 5 heteroatoms. The number of carbonyl (C=O) groups is 1. The molecule has 0 radical (unpaired) electrons. The van der Waals surface area contributed by atoms with E-state index in [9.17, 15) is 9.90 Å². The number of carbonyl (C=O) groups excluding carboxylic acids is 1. The summed E-state index contributed by atoms with van der Waals surface area (Å²) >= 11 is 4.97. The van der Waals surface area contributed by atoms with E-state index in [0.717, 1.165) is 12.8 Å². The molecule has 0 aromatic heterocycles. The third-order valence-corrected chi connectivity index (χ3v) is 3.65. The van der Waals surface area contributed by atoms with Crippen LogP contribution in [0.5, 0.6) is 5.75 Å². The standard InChI is InChI=1S/C13H16N2O2S/c14-12(18)9-5-7-15(8-6-9)13(17)10-3-1-2-4-11(10)16/h1-4,9,16H,5-8H2,(H2,14,18). The van der Waals surface area contributed by atoms with Crippen molar-refractivity contribution in [1.29, 1.82) is 0 Å². The van der Waals surface area contributed by atoms with Crippen molar-refractivity contribution in [2.45, 2.75) is 12.8 Å². The van der Waals surface area contributed by atoms with Crippen molar-refractivity contribution in [1.82, 2.24) is 4.90 Å². The second-order valence-electron chi connectivity index (χ2n) is 4.49. The summed E-state index contributed by atoms with van der Waals surface area (Å²) in [4.78, 5) is 14.5. The molecule has 0 saturated carbocycles. The fourth-order valence-electron chi connectivity index (χ4n) is 2.19. The van der Waals surface area contributed by atoms with Crippen LogP contribution in [0.25, 0.3) is 0 Å². The van der Waals surface area contributed by atoms with E-state index >= 15 is 0 Å². The van der Waals surface area contributed by atoms with Crippen LogP contribution < -0.4 is 5.73 Å². The highest BCUT2D eigenvalue weighted by atomic mass is 32.1. The predicted octanol–water partition coefficient (Wildman–Crippen LogP) is 1.53. The van der Waals surface area contributed by atoms with Crippen LogP contribution in [0.15, 0.2) is 24.3 Å². The Morgan fingerprint density at radius 2 is 1.94 bits per heavy atom. The number of thiocarbonyl (C=S) groups is 1. The Balaban J connectivity index is 2.04. The Kier molecular flexibility index (Phi) is 3.81. The number of para-hydroxylation sites is 1. The molecule has 4 nitrogen and oxygen atoms in total. The first-order valence-electron chi connectivity index (χ1n) is 5.96. The van der Waals surface area contributed by atoms with Gasteiger partial charge in [-0.3, -0.25) is 4.79 Å². The van der Waals surface area contributed by atoms with Crippen molar-refractivity contribution < 1.29 is 9.90 Å². The number of nitrogens with two attached hydrogens (primary N) is 1. The molecule has 96 valence electrons. The number of hydrogen-bond donors (Lipinski definition) is 2. The Morgan fingerprint density at radius 3 is 2.50 bits per heavy atom. The molecular formula is C13H16N2O2S. The zero-order valence-corrected chi connectivity index (χ0v) is 10.8. The smallest absolute Gasteiger partial charge is 0.257 e. The van der Waals surface area contributed by atoms with Gasteiger partial charge in [-0.25, -0.2) is 0 Å². The molecule has 0 unspecified atom stereocenters. The van der Waals surface area contributed by atoms with Crippen molar-refractivity contribution in [3.63, 3.8) is 0 Å². The van der Waals surface area contributed by atoms with Crippen LogP contribution in [0.3, 0.4) is 0 Å². The molecule has 1 aliphatic heterocycles. The minimum Gasteiger partial charge on any atom is -0.507 e. The second kappa shape index (κ2) is 5.35. The zero-order valence-electron chi connectivity index (χ0n) is 10.0. The maximum Gasteiger partial charge on any atom is 0.257 e. The summed E-state index contributed by atoms with van der Waals surface area (Å²) in [7, 11) is 0. The SMILES string of the molecule is NC(=S)C1CCN(C(=O)c2ccccc2O)CC1. The minimum atomic E-state index is -0.130. The van der Waals surface area contributed by atoms with E-state index in [-0.39, 0.29) is 17.6 Å². The summed E-state index contributed by atoms with van der Waals surface area (Å²) in [5.41, 5.74) is 5.96. The van der Waals surface area contributed by atoms with Gasteiger partial charge in [-0.15, -0.1) is 0 Å². The fraction of sp³-hybridized carbons (Fsp3) is 0.385. The minimum absolute atomic E-state index is 0.0268. The molecule has 0 aliphatic carbocycles. The highest BCUT2D eigenvalue weighted by Gasteiger charge is 2.25. The Bertz CT molecular complexity index is 468. The molecular weight excluding hydrogens is 248 g/mol. The van der Waals surface area contributed by atoms with E-state index < -0.39 is 0 Å². The van der Waals surface area contributed by atoms with E-state index in [2.05, 4.69) is 0 Å². The number of phenols is 1. The number of hydrogen-bond acceptors (Lipinski definition) is 3. The average Bonchev–Trinajstić information content (AvgIpc) is 2.38. The van der Waals surface area contributed by atoms with E-state index in [1.807, 2.05) is 0 Å². The van der Waals surface area contributed by atoms with Crippen LogP contribution in [0.1, 0.15) is 23.2 Å². The summed E-state index contributed by atoms with van der Waals surface area (Å²) in [6.07, 6.45) is 1.60. The lowest BCUT2D eigenvalue weighted by Crippen LogP contribution is -2.41. The second-order valence-corrected chi connectivity index (χ2v) is 4.96. The molecule has 18 heavy (non-hydrogen) atoms. The van der Waals surface area contributed by atoms with Crippen LogP contribution in [0.2, 0.25) is 0 Å². The molecule has 1 aromatic rings. The van der Waals surface area contributed by atoms with E-state index in [1.54, 1.807) is 23.1 Å². The largest absolute Gasteiger partial charge is 0.507 e. The molecule has 1 aromatic carbocycles. The lowest BCUT2D eigenvalue weighted by Gasteiger charge is -2.31. The maximum atomic E-state index is 12.2. The van der Waals surface area contributed by atoms with Crippen molar-refractivity contribution in [3.05, 3.63) is 29.8 Å². The lowest BCUT2D eigenvalue weighted by atomic mass is 9.96.